The first-order chi connectivity index (χ1) is 9.06. The minimum atomic E-state index is -0.119. The van der Waals surface area contributed by atoms with E-state index in [1.54, 1.807) is 0 Å². The highest BCUT2D eigenvalue weighted by molar-refractivity contribution is 4.59. The molecule has 0 aromatic heterocycles. The molecule has 0 aliphatic carbocycles. The van der Waals surface area contributed by atoms with Gasteiger partial charge < -0.3 is 5.11 Å². The Kier molecular flexibility index (Phi) is 12.9. The summed E-state index contributed by atoms with van der Waals surface area (Å²) in [5.41, 5.74) is 0. The predicted octanol–water partition coefficient (Wildman–Crippen LogP) is 5.95. The van der Waals surface area contributed by atoms with Crippen molar-refractivity contribution in [3.05, 3.63) is 0 Å². The van der Waals surface area contributed by atoms with Gasteiger partial charge in [-0.25, -0.2) is 0 Å². The summed E-state index contributed by atoms with van der Waals surface area (Å²) in [4.78, 5) is 0. The molecule has 1 N–H and O–H groups in total. The van der Waals surface area contributed by atoms with Crippen LogP contribution in [0.25, 0.3) is 0 Å². The van der Waals surface area contributed by atoms with Gasteiger partial charge in [0.2, 0.25) is 0 Å². The second kappa shape index (κ2) is 13.0. The van der Waals surface area contributed by atoms with Crippen LogP contribution in [0.5, 0.6) is 0 Å². The van der Waals surface area contributed by atoms with Crippen LogP contribution in [0.3, 0.4) is 0 Å². The Morgan fingerprint density at radius 1 is 0.632 bits per heavy atom. The number of hydrogen-bond donors (Lipinski definition) is 1. The summed E-state index contributed by atoms with van der Waals surface area (Å²) in [5.74, 6) is 1.72. The van der Waals surface area contributed by atoms with Gasteiger partial charge in [0, 0.05) is 0 Å². The van der Waals surface area contributed by atoms with E-state index >= 15 is 0 Å². The molecule has 19 heavy (non-hydrogen) atoms. The Bertz CT molecular complexity index is 177. The van der Waals surface area contributed by atoms with Gasteiger partial charge >= 0.3 is 0 Å². The molecule has 0 amide bonds. The highest BCUT2D eigenvalue weighted by atomic mass is 16.3. The Morgan fingerprint density at radius 2 is 1.11 bits per heavy atom. The van der Waals surface area contributed by atoms with Crippen LogP contribution in [0.1, 0.15) is 98.3 Å². The average Bonchev–Trinajstić information content (AvgIpc) is 2.36. The third-order valence-electron chi connectivity index (χ3n) is 4.27. The third-order valence-corrected chi connectivity index (χ3v) is 4.27. The molecule has 3 unspecified atom stereocenters. The molecule has 1 heteroatoms. The standard InChI is InChI=1S/C18H38O/c1-5-6-8-11-16(2)12-9-7-10-13-17(3)14-15-18(4)19/h16-19H,5-15H2,1-4H3. The van der Waals surface area contributed by atoms with Crippen LogP contribution < -0.4 is 0 Å². The van der Waals surface area contributed by atoms with Crippen LogP contribution >= 0.6 is 0 Å². The van der Waals surface area contributed by atoms with Gasteiger partial charge in [0.1, 0.15) is 0 Å². The van der Waals surface area contributed by atoms with Gasteiger partial charge in [0.25, 0.3) is 0 Å². The smallest absolute Gasteiger partial charge is 0.0512 e. The summed E-state index contributed by atoms with van der Waals surface area (Å²) in [6, 6.07) is 0. The lowest BCUT2D eigenvalue weighted by atomic mass is 9.94. The van der Waals surface area contributed by atoms with E-state index in [4.69, 9.17) is 0 Å². The van der Waals surface area contributed by atoms with Gasteiger partial charge in [-0.2, -0.15) is 0 Å². The molecular weight excluding hydrogens is 232 g/mol. The highest BCUT2D eigenvalue weighted by Crippen LogP contribution is 2.19. The van der Waals surface area contributed by atoms with Crippen LogP contribution in [0.4, 0.5) is 0 Å². The first kappa shape index (κ1) is 19.0. The summed E-state index contributed by atoms with van der Waals surface area (Å²) in [6.07, 6.45) is 14.6. The molecule has 1 nitrogen and oxygen atoms in total. The summed E-state index contributed by atoms with van der Waals surface area (Å²) in [7, 11) is 0. The van der Waals surface area contributed by atoms with Gasteiger partial charge in [-0.15, -0.1) is 0 Å². The van der Waals surface area contributed by atoms with E-state index in [1.165, 1.54) is 64.2 Å². The molecule has 0 saturated carbocycles. The van der Waals surface area contributed by atoms with Crippen molar-refractivity contribution in [1.82, 2.24) is 0 Å². The molecule has 0 heterocycles. The fourth-order valence-electron chi connectivity index (χ4n) is 2.72. The lowest BCUT2D eigenvalue weighted by Crippen LogP contribution is -2.03. The van der Waals surface area contributed by atoms with E-state index in [2.05, 4.69) is 20.8 Å². The molecule has 116 valence electrons. The number of aliphatic hydroxyl groups excluding tert-OH is 1. The van der Waals surface area contributed by atoms with Crippen LogP contribution in [-0.2, 0) is 0 Å². The summed E-state index contributed by atoms with van der Waals surface area (Å²) in [6.45, 7) is 8.92. The van der Waals surface area contributed by atoms with Gasteiger partial charge in [0.05, 0.1) is 6.10 Å². The highest BCUT2D eigenvalue weighted by Gasteiger charge is 2.05. The van der Waals surface area contributed by atoms with Crippen molar-refractivity contribution >= 4 is 0 Å². The van der Waals surface area contributed by atoms with Crippen molar-refractivity contribution in [1.29, 1.82) is 0 Å². The van der Waals surface area contributed by atoms with E-state index in [1.807, 2.05) is 6.92 Å². The van der Waals surface area contributed by atoms with Crippen LogP contribution in [0.15, 0.2) is 0 Å². The van der Waals surface area contributed by atoms with Crippen LogP contribution in [-0.4, -0.2) is 11.2 Å². The minimum Gasteiger partial charge on any atom is -0.393 e. The van der Waals surface area contributed by atoms with E-state index in [0.717, 1.165) is 18.3 Å². The molecule has 0 rings (SSSR count). The Morgan fingerprint density at radius 3 is 1.58 bits per heavy atom. The Balaban J connectivity index is 3.29. The topological polar surface area (TPSA) is 20.2 Å². The van der Waals surface area contributed by atoms with Gasteiger partial charge in [-0.05, 0) is 31.6 Å². The van der Waals surface area contributed by atoms with Gasteiger partial charge in [-0.1, -0.05) is 78.6 Å². The van der Waals surface area contributed by atoms with Gasteiger partial charge in [0.15, 0.2) is 0 Å². The van der Waals surface area contributed by atoms with Crippen LogP contribution in [0, 0.1) is 11.8 Å². The molecule has 0 saturated heterocycles. The van der Waals surface area contributed by atoms with E-state index in [-0.39, 0.29) is 6.10 Å². The maximum absolute atomic E-state index is 9.26. The lowest BCUT2D eigenvalue weighted by Gasteiger charge is -2.13. The monoisotopic (exact) mass is 270 g/mol. The molecule has 0 aromatic carbocycles. The van der Waals surface area contributed by atoms with Crippen molar-refractivity contribution in [2.45, 2.75) is 104 Å². The van der Waals surface area contributed by atoms with Crippen molar-refractivity contribution < 1.29 is 5.11 Å². The zero-order chi connectivity index (χ0) is 14.5. The number of aliphatic hydroxyl groups is 1. The Hall–Kier alpha value is -0.0400. The van der Waals surface area contributed by atoms with E-state index in [0.29, 0.717) is 0 Å². The third kappa shape index (κ3) is 14.2. The zero-order valence-corrected chi connectivity index (χ0v) is 14.0. The molecule has 0 aliphatic rings. The SMILES string of the molecule is CCCCCC(C)CCCCCC(C)CCC(C)O. The molecular formula is C18H38O. The second-order valence-electron chi connectivity index (χ2n) is 6.77. The molecule has 3 atom stereocenters. The fourth-order valence-corrected chi connectivity index (χ4v) is 2.72. The maximum atomic E-state index is 9.26. The maximum Gasteiger partial charge on any atom is 0.0512 e. The molecule has 0 fully saturated rings. The lowest BCUT2D eigenvalue weighted by molar-refractivity contribution is 0.173. The molecule has 0 aliphatic heterocycles. The molecule has 0 aromatic rings. The number of rotatable bonds is 13. The summed E-state index contributed by atoms with van der Waals surface area (Å²) in [5, 5.41) is 9.26. The first-order valence-electron chi connectivity index (χ1n) is 8.74. The zero-order valence-electron chi connectivity index (χ0n) is 14.0. The fraction of sp³-hybridized carbons (Fsp3) is 1.00. The van der Waals surface area contributed by atoms with E-state index < -0.39 is 0 Å². The van der Waals surface area contributed by atoms with Crippen molar-refractivity contribution in [2.75, 3.05) is 0 Å². The predicted molar refractivity (Wildman–Crippen MR) is 86.5 cm³/mol. The second-order valence-corrected chi connectivity index (χ2v) is 6.77. The molecule has 0 bridgehead atoms. The largest absolute Gasteiger partial charge is 0.393 e. The normalized spacial score (nSPS) is 16.3. The van der Waals surface area contributed by atoms with Crippen molar-refractivity contribution in [3.8, 4) is 0 Å². The first-order valence-corrected chi connectivity index (χ1v) is 8.74. The quantitative estimate of drug-likeness (QED) is 0.410. The van der Waals surface area contributed by atoms with Crippen LogP contribution in [0.2, 0.25) is 0 Å². The summed E-state index contributed by atoms with van der Waals surface area (Å²) >= 11 is 0. The number of unbranched alkanes of at least 4 members (excludes halogenated alkanes) is 4. The van der Waals surface area contributed by atoms with Crippen molar-refractivity contribution in [3.63, 3.8) is 0 Å². The summed E-state index contributed by atoms with van der Waals surface area (Å²) < 4.78 is 0. The Labute approximate surface area is 122 Å². The van der Waals surface area contributed by atoms with E-state index in [9.17, 15) is 5.11 Å². The number of hydrogen-bond acceptors (Lipinski definition) is 1. The minimum absolute atomic E-state index is 0.119. The van der Waals surface area contributed by atoms with Crippen molar-refractivity contribution in [2.24, 2.45) is 11.8 Å². The van der Waals surface area contributed by atoms with Gasteiger partial charge in [-0.3, -0.25) is 0 Å². The molecule has 0 radical (unpaired) electrons. The average molecular weight is 271 g/mol. The molecule has 0 spiro atoms.